The number of benzene rings is 1. The molecule has 0 radical (unpaired) electrons. The number of hydrogen-bond acceptors (Lipinski definition) is 3. The van der Waals surface area contributed by atoms with Crippen LogP contribution in [0.5, 0.6) is 0 Å². The Labute approximate surface area is 95.3 Å². The zero-order valence-corrected chi connectivity index (χ0v) is 9.22. The summed E-state index contributed by atoms with van der Waals surface area (Å²) in [5.74, 6) is 5.63. The predicted molar refractivity (Wildman–Crippen MR) is 64.6 cm³/mol. The molecule has 0 spiro atoms. The topological polar surface area (TPSA) is 50.9 Å². The van der Waals surface area contributed by atoms with Gasteiger partial charge in [0, 0.05) is 12.4 Å². The molecule has 1 atom stereocenters. The van der Waals surface area contributed by atoms with E-state index < -0.39 is 0 Å². The first-order valence-electron chi connectivity index (χ1n) is 5.24. The van der Waals surface area contributed by atoms with E-state index in [-0.39, 0.29) is 6.04 Å². The second-order valence-electron chi connectivity index (χ2n) is 3.74. The van der Waals surface area contributed by atoms with Crippen LogP contribution in [0, 0.1) is 6.92 Å². The SMILES string of the molecule is Cc1ccccc1C(NN)c1cccnc1. The van der Waals surface area contributed by atoms with E-state index in [4.69, 9.17) is 5.84 Å². The zero-order valence-electron chi connectivity index (χ0n) is 9.22. The molecule has 1 heterocycles. The average Bonchev–Trinajstić information content (AvgIpc) is 2.34. The van der Waals surface area contributed by atoms with Crippen LogP contribution in [0.1, 0.15) is 22.7 Å². The zero-order chi connectivity index (χ0) is 11.4. The summed E-state index contributed by atoms with van der Waals surface area (Å²) in [4.78, 5) is 4.11. The summed E-state index contributed by atoms with van der Waals surface area (Å²) in [5, 5.41) is 0. The van der Waals surface area contributed by atoms with E-state index in [2.05, 4.69) is 29.5 Å². The number of nitrogens with one attached hydrogen (secondary N) is 1. The van der Waals surface area contributed by atoms with Crippen LogP contribution in [0.3, 0.4) is 0 Å². The number of hydrazine groups is 1. The van der Waals surface area contributed by atoms with Crippen molar-refractivity contribution in [2.24, 2.45) is 5.84 Å². The van der Waals surface area contributed by atoms with Gasteiger partial charge in [-0.2, -0.15) is 0 Å². The quantitative estimate of drug-likeness (QED) is 0.605. The minimum atomic E-state index is -0.00472. The third-order valence-electron chi connectivity index (χ3n) is 2.68. The van der Waals surface area contributed by atoms with E-state index in [0.717, 1.165) is 5.56 Å². The lowest BCUT2D eigenvalue weighted by Gasteiger charge is -2.18. The third kappa shape index (κ3) is 2.10. The number of aromatic nitrogens is 1. The maximum absolute atomic E-state index is 5.63. The van der Waals surface area contributed by atoms with Crippen molar-refractivity contribution in [2.75, 3.05) is 0 Å². The minimum absolute atomic E-state index is 0.00472. The molecule has 3 nitrogen and oxygen atoms in total. The summed E-state index contributed by atoms with van der Waals surface area (Å²) in [6.45, 7) is 2.08. The highest BCUT2D eigenvalue weighted by Gasteiger charge is 2.13. The first-order chi connectivity index (χ1) is 7.83. The van der Waals surface area contributed by atoms with E-state index in [0.29, 0.717) is 0 Å². The summed E-state index contributed by atoms with van der Waals surface area (Å²) in [6.07, 6.45) is 3.59. The molecule has 16 heavy (non-hydrogen) atoms. The van der Waals surface area contributed by atoms with Gasteiger partial charge in [0.05, 0.1) is 6.04 Å². The Morgan fingerprint density at radius 2 is 2.00 bits per heavy atom. The van der Waals surface area contributed by atoms with Crippen LogP contribution in [-0.4, -0.2) is 4.98 Å². The highest BCUT2D eigenvalue weighted by molar-refractivity contribution is 5.35. The van der Waals surface area contributed by atoms with Crippen LogP contribution in [-0.2, 0) is 0 Å². The molecule has 0 saturated heterocycles. The fourth-order valence-corrected chi connectivity index (χ4v) is 1.82. The largest absolute Gasteiger partial charge is 0.271 e. The average molecular weight is 213 g/mol. The van der Waals surface area contributed by atoms with Gasteiger partial charge in [-0.15, -0.1) is 0 Å². The molecule has 3 N–H and O–H groups in total. The van der Waals surface area contributed by atoms with Crippen molar-refractivity contribution >= 4 is 0 Å². The molecule has 0 aliphatic heterocycles. The lowest BCUT2D eigenvalue weighted by Crippen LogP contribution is -2.29. The normalized spacial score (nSPS) is 12.4. The molecular formula is C13H15N3. The number of nitrogens with zero attached hydrogens (tertiary/aromatic N) is 1. The van der Waals surface area contributed by atoms with Gasteiger partial charge in [0.15, 0.2) is 0 Å². The number of aryl methyl sites for hydroxylation is 1. The van der Waals surface area contributed by atoms with Gasteiger partial charge in [0.2, 0.25) is 0 Å². The number of pyridine rings is 1. The summed E-state index contributed by atoms with van der Waals surface area (Å²) in [6, 6.07) is 12.1. The standard InChI is InChI=1S/C13H15N3/c1-10-5-2-3-7-12(10)13(16-14)11-6-4-8-15-9-11/h2-9,13,16H,14H2,1H3. The van der Waals surface area contributed by atoms with Crippen molar-refractivity contribution in [3.05, 3.63) is 65.5 Å². The summed E-state index contributed by atoms with van der Waals surface area (Å²) in [5.41, 5.74) is 6.30. The monoisotopic (exact) mass is 213 g/mol. The lowest BCUT2D eigenvalue weighted by atomic mass is 9.97. The van der Waals surface area contributed by atoms with Crippen LogP contribution in [0.25, 0.3) is 0 Å². The second-order valence-corrected chi connectivity index (χ2v) is 3.74. The number of hydrogen-bond donors (Lipinski definition) is 2. The second kappa shape index (κ2) is 4.88. The highest BCUT2D eigenvalue weighted by atomic mass is 15.2. The van der Waals surface area contributed by atoms with Crippen LogP contribution < -0.4 is 11.3 Å². The van der Waals surface area contributed by atoms with Crippen LogP contribution in [0.4, 0.5) is 0 Å². The van der Waals surface area contributed by atoms with Gasteiger partial charge in [-0.3, -0.25) is 10.8 Å². The van der Waals surface area contributed by atoms with Gasteiger partial charge in [-0.05, 0) is 29.7 Å². The Morgan fingerprint density at radius 3 is 2.62 bits per heavy atom. The van der Waals surface area contributed by atoms with Crippen molar-refractivity contribution in [3.8, 4) is 0 Å². The van der Waals surface area contributed by atoms with Crippen molar-refractivity contribution in [1.29, 1.82) is 0 Å². The fraction of sp³-hybridized carbons (Fsp3) is 0.154. The third-order valence-corrected chi connectivity index (χ3v) is 2.68. The summed E-state index contributed by atoms with van der Waals surface area (Å²) >= 11 is 0. The van der Waals surface area contributed by atoms with Crippen molar-refractivity contribution in [2.45, 2.75) is 13.0 Å². The summed E-state index contributed by atoms with van der Waals surface area (Å²) < 4.78 is 0. The molecule has 1 aromatic carbocycles. The molecule has 2 rings (SSSR count). The number of nitrogens with two attached hydrogens (primary N) is 1. The van der Waals surface area contributed by atoms with Crippen molar-refractivity contribution in [1.82, 2.24) is 10.4 Å². The number of rotatable bonds is 3. The Balaban J connectivity index is 2.41. The van der Waals surface area contributed by atoms with Gasteiger partial charge in [0.1, 0.15) is 0 Å². The molecule has 0 amide bonds. The molecule has 2 aromatic rings. The maximum Gasteiger partial charge on any atom is 0.0727 e. The van der Waals surface area contributed by atoms with E-state index in [1.807, 2.05) is 30.5 Å². The predicted octanol–water partition coefficient (Wildman–Crippen LogP) is 1.94. The van der Waals surface area contributed by atoms with Crippen molar-refractivity contribution < 1.29 is 0 Å². The molecule has 0 saturated carbocycles. The van der Waals surface area contributed by atoms with Gasteiger partial charge in [-0.1, -0.05) is 30.3 Å². The van der Waals surface area contributed by atoms with Gasteiger partial charge in [-0.25, -0.2) is 5.43 Å². The van der Waals surface area contributed by atoms with E-state index in [1.54, 1.807) is 6.20 Å². The molecule has 0 aliphatic carbocycles. The first kappa shape index (κ1) is 10.8. The molecule has 1 aromatic heterocycles. The molecule has 3 heteroatoms. The minimum Gasteiger partial charge on any atom is -0.271 e. The van der Waals surface area contributed by atoms with Crippen LogP contribution in [0.15, 0.2) is 48.8 Å². The molecule has 0 fully saturated rings. The molecule has 82 valence electrons. The summed E-state index contributed by atoms with van der Waals surface area (Å²) in [7, 11) is 0. The smallest absolute Gasteiger partial charge is 0.0727 e. The highest BCUT2D eigenvalue weighted by Crippen LogP contribution is 2.22. The lowest BCUT2D eigenvalue weighted by molar-refractivity contribution is 0.631. The Morgan fingerprint density at radius 1 is 1.19 bits per heavy atom. The first-order valence-corrected chi connectivity index (χ1v) is 5.24. The molecular weight excluding hydrogens is 198 g/mol. The van der Waals surface area contributed by atoms with E-state index >= 15 is 0 Å². The molecule has 1 unspecified atom stereocenters. The van der Waals surface area contributed by atoms with E-state index in [9.17, 15) is 0 Å². The maximum atomic E-state index is 5.63. The molecule has 0 bridgehead atoms. The van der Waals surface area contributed by atoms with Gasteiger partial charge >= 0.3 is 0 Å². The van der Waals surface area contributed by atoms with Gasteiger partial charge in [0.25, 0.3) is 0 Å². The Hall–Kier alpha value is -1.71. The Bertz CT molecular complexity index is 454. The fourth-order valence-electron chi connectivity index (χ4n) is 1.82. The van der Waals surface area contributed by atoms with Crippen LogP contribution in [0.2, 0.25) is 0 Å². The molecule has 0 aliphatic rings. The van der Waals surface area contributed by atoms with Crippen LogP contribution >= 0.6 is 0 Å². The van der Waals surface area contributed by atoms with E-state index in [1.165, 1.54) is 11.1 Å². The van der Waals surface area contributed by atoms with Gasteiger partial charge < -0.3 is 0 Å². The van der Waals surface area contributed by atoms with Crippen molar-refractivity contribution in [3.63, 3.8) is 0 Å². The Kier molecular flexibility index (Phi) is 3.29.